The highest BCUT2D eigenvalue weighted by molar-refractivity contribution is 5.70. The van der Waals surface area contributed by atoms with Crippen LogP contribution in [0.5, 0.6) is 0 Å². The number of H-pyrrole nitrogens is 1. The van der Waals surface area contributed by atoms with Gasteiger partial charge in [-0.1, -0.05) is 0 Å². The number of nitrogens with zero attached hydrogens (tertiary/aromatic N) is 3. The van der Waals surface area contributed by atoms with Gasteiger partial charge < -0.3 is 15.6 Å². The average Bonchev–Trinajstić information content (AvgIpc) is 2.91. The highest BCUT2D eigenvalue weighted by Gasteiger charge is 2.56. The summed E-state index contributed by atoms with van der Waals surface area (Å²) in [6.45, 7) is 0.0143. The van der Waals surface area contributed by atoms with Crippen molar-refractivity contribution >= 4 is 17.1 Å². The number of nitrogens with two attached hydrogens (primary N) is 1. The minimum atomic E-state index is -0.356. The minimum Gasteiger partial charge on any atom is -0.394 e. The van der Waals surface area contributed by atoms with Crippen molar-refractivity contribution in [1.29, 1.82) is 0 Å². The molecule has 2 fully saturated rings. The second-order valence-corrected chi connectivity index (χ2v) is 5.09. The molecule has 0 radical (unpaired) electrons. The summed E-state index contributed by atoms with van der Waals surface area (Å²) in [6, 6.07) is 0. The monoisotopic (exact) mass is 263 g/mol. The van der Waals surface area contributed by atoms with E-state index < -0.39 is 0 Å². The maximum atomic E-state index is 11.7. The number of hydrogen-bond acceptors (Lipinski definition) is 6. The Balaban J connectivity index is 1.82. The number of hydrogen-bond donors (Lipinski definition) is 3. The first-order chi connectivity index (χ1) is 9.19. The summed E-state index contributed by atoms with van der Waals surface area (Å²) in [5.41, 5.74) is 5.88. The molecule has 2 aromatic rings. The van der Waals surface area contributed by atoms with Crippen molar-refractivity contribution in [3.05, 3.63) is 16.7 Å². The lowest BCUT2D eigenvalue weighted by molar-refractivity contribution is -0.0479. The topological polar surface area (TPSA) is 119 Å². The van der Waals surface area contributed by atoms with Gasteiger partial charge in [0, 0.05) is 5.92 Å². The molecule has 0 aromatic carbocycles. The summed E-state index contributed by atoms with van der Waals surface area (Å²) >= 11 is 0. The Hall–Kier alpha value is -1.93. The fraction of sp³-hybridized carbons (Fsp3) is 0.545. The molecular formula is C11H13N5O3. The fourth-order valence-corrected chi connectivity index (χ4v) is 2.95. The van der Waals surface area contributed by atoms with Crippen molar-refractivity contribution < 1.29 is 9.84 Å². The molecule has 2 aliphatic rings. The summed E-state index contributed by atoms with van der Waals surface area (Å²) in [6.07, 6.45) is 2.22. The molecule has 4 N–H and O–H groups in total. The predicted molar refractivity (Wildman–Crippen MR) is 65.2 cm³/mol. The summed E-state index contributed by atoms with van der Waals surface area (Å²) in [7, 11) is 0. The first-order valence-electron chi connectivity index (χ1n) is 6.17. The number of imidazole rings is 1. The van der Waals surface area contributed by atoms with Crippen molar-refractivity contribution in [2.45, 2.75) is 18.8 Å². The molecule has 0 unspecified atom stereocenters. The zero-order valence-corrected chi connectivity index (χ0v) is 9.98. The molecule has 0 spiro atoms. The van der Waals surface area contributed by atoms with E-state index in [1.165, 1.54) is 0 Å². The Bertz CT molecular complexity index is 708. The molecular weight excluding hydrogens is 250 g/mol. The molecule has 1 saturated carbocycles. The number of aromatic amines is 1. The predicted octanol–water partition coefficient (Wildman–Crippen LogP) is -0.772. The zero-order chi connectivity index (χ0) is 13.1. The van der Waals surface area contributed by atoms with Gasteiger partial charge in [0.25, 0.3) is 5.56 Å². The van der Waals surface area contributed by atoms with Crippen molar-refractivity contribution in [2.75, 3.05) is 12.3 Å². The number of ether oxygens (including phenoxy) is 1. The van der Waals surface area contributed by atoms with Gasteiger partial charge in [0.05, 0.1) is 19.0 Å². The van der Waals surface area contributed by atoms with Crippen LogP contribution >= 0.6 is 0 Å². The van der Waals surface area contributed by atoms with Crippen molar-refractivity contribution in [3.63, 3.8) is 0 Å². The van der Waals surface area contributed by atoms with E-state index in [9.17, 15) is 9.90 Å². The van der Waals surface area contributed by atoms with Crippen LogP contribution in [0.3, 0.4) is 0 Å². The lowest BCUT2D eigenvalue weighted by Crippen LogP contribution is -2.20. The summed E-state index contributed by atoms with van der Waals surface area (Å²) in [4.78, 5) is 22.3. The molecule has 0 amide bonds. The van der Waals surface area contributed by atoms with Gasteiger partial charge in [0.2, 0.25) is 5.95 Å². The Morgan fingerprint density at radius 2 is 2.42 bits per heavy atom. The first kappa shape index (κ1) is 10.9. The van der Waals surface area contributed by atoms with Crippen LogP contribution in [0, 0.1) is 11.8 Å². The van der Waals surface area contributed by atoms with E-state index in [-0.39, 0.29) is 36.0 Å². The fourth-order valence-electron chi connectivity index (χ4n) is 2.95. The normalized spacial score (nSPS) is 32.7. The molecule has 4 rings (SSSR count). The number of fused-ring (bicyclic) bond motifs is 2. The highest BCUT2D eigenvalue weighted by Crippen LogP contribution is 2.56. The summed E-state index contributed by atoms with van der Waals surface area (Å²) in [5.74, 6) is 0.812. The van der Waals surface area contributed by atoms with Gasteiger partial charge in [-0.05, 0) is 12.3 Å². The van der Waals surface area contributed by atoms with E-state index in [2.05, 4.69) is 15.0 Å². The Labute approximate surface area is 107 Å². The van der Waals surface area contributed by atoms with Gasteiger partial charge in [-0.3, -0.25) is 14.3 Å². The second-order valence-electron chi connectivity index (χ2n) is 5.09. The molecule has 8 nitrogen and oxygen atoms in total. The van der Waals surface area contributed by atoms with Gasteiger partial charge in [-0.2, -0.15) is 4.98 Å². The van der Waals surface area contributed by atoms with Crippen LogP contribution in [0.4, 0.5) is 5.95 Å². The van der Waals surface area contributed by atoms with E-state index in [4.69, 9.17) is 10.5 Å². The molecule has 100 valence electrons. The summed E-state index contributed by atoms with van der Waals surface area (Å²) < 4.78 is 7.52. The minimum absolute atomic E-state index is 0.0143. The second kappa shape index (κ2) is 3.55. The SMILES string of the molecule is Nc1nc2c(ncn2[C@@H]2O[C@H](CO)[C@@H]3C[C@@H]32)c(=O)[nH]1. The zero-order valence-electron chi connectivity index (χ0n) is 9.98. The van der Waals surface area contributed by atoms with Crippen LogP contribution in [0.1, 0.15) is 12.6 Å². The smallest absolute Gasteiger partial charge is 0.280 e. The number of aliphatic hydroxyl groups is 1. The number of nitrogen functional groups attached to an aromatic ring is 1. The van der Waals surface area contributed by atoms with Crippen LogP contribution in [-0.4, -0.2) is 37.3 Å². The molecule has 19 heavy (non-hydrogen) atoms. The van der Waals surface area contributed by atoms with Crippen molar-refractivity contribution in [3.8, 4) is 0 Å². The number of anilines is 1. The van der Waals surface area contributed by atoms with Gasteiger partial charge in [0.15, 0.2) is 11.2 Å². The standard InChI is InChI=1S/C11H13N5O3/c12-11-14-8-7(9(18)15-11)13-3-16(8)10-5-1-4(5)6(2-17)19-10/h3-6,10,17H,1-2H2,(H3,12,14,15,18)/t4-,5+,6-,10-/m1/s1. The Kier molecular flexibility index (Phi) is 2.04. The van der Waals surface area contributed by atoms with Crippen LogP contribution in [0.2, 0.25) is 0 Å². The third-order valence-electron chi connectivity index (χ3n) is 3.95. The van der Waals surface area contributed by atoms with Crippen molar-refractivity contribution in [1.82, 2.24) is 19.5 Å². The highest BCUT2D eigenvalue weighted by atomic mass is 16.5. The van der Waals surface area contributed by atoms with Crippen LogP contribution < -0.4 is 11.3 Å². The first-order valence-corrected chi connectivity index (χ1v) is 6.17. The van der Waals surface area contributed by atoms with Gasteiger partial charge >= 0.3 is 0 Å². The number of nitrogens with one attached hydrogen (secondary N) is 1. The third kappa shape index (κ3) is 1.44. The molecule has 1 aliphatic heterocycles. The Morgan fingerprint density at radius 3 is 3.16 bits per heavy atom. The van der Waals surface area contributed by atoms with Gasteiger partial charge in [-0.15, -0.1) is 0 Å². The van der Waals surface area contributed by atoms with Crippen LogP contribution in [-0.2, 0) is 4.74 Å². The van der Waals surface area contributed by atoms with E-state index in [0.29, 0.717) is 17.5 Å². The quantitative estimate of drug-likeness (QED) is 0.654. The lowest BCUT2D eigenvalue weighted by Gasteiger charge is -2.18. The number of aliphatic hydroxyl groups excluding tert-OH is 1. The van der Waals surface area contributed by atoms with E-state index in [1.54, 1.807) is 10.9 Å². The molecule has 1 saturated heterocycles. The molecule has 1 aliphatic carbocycles. The van der Waals surface area contributed by atoms with E-state index in [1.807, 2.05) is 0 Å². The number of rotatable bonds is 2. The maximum Gasteiger partial charge on any atom is 0.280 e. The molecule has 0 bridgehead atoms. The van der Waals surface area contributed by atoms with Gasteiger partial charge in [0.1, 0.15) is 6.23 Å². The average molecular weight is 263 g/mol. The van der Waals surface area contributed by atoms with Gasteiger partial charge in [-0.25, -0.2) is 4.98 Å². The molecule has 8 heteroatoms. The van der Waals surface area contributed by atoms with Crippen molar-refractivity contribution in [2.24, 2.45) is 11.8 Å². The van der Waals surface area contributed by atoms with E-state index in [0.717, 1.165) is 6.42 Å². The molecule has 2 aromatic heterocycles. The third-order valence-corrected chi connectivity index (χ3v) is 3.95. The maximum absolute atomic E-state index is 11.7. The largest absolute Gasteiger partial charge is 0.394 e. The Morgan fingerprint density at radius 1 is 1.58 bits per heavy atom. The van der Waals surface area contributed by atoms with Crippen LogP contribution in [0.25, 0.3) is 11.2 Å². The summed E-state index contributed by atoms with van der Waals surface area (Å²) in [5, 5.41) is 9.24. The lowest BCUT2D eigenvalue weighted by atomic mass is 10.2. The van der Waals surface area contributed by atoms with E-state index >= 15 is 0 Å². The molecule has 3 heterocycles. The van der Waals surface area contributed by atoms with Crippen LogP contribution in [0.15, 0.2) is 11.1 Å². The number of aromatic nitrogens is 4. The molecule has 4 atom stereocenters.